The van der Waals surface area contributed by atoms with Gasteiger partial charge in [-0.25, -0.2) is 0 Å². The number of nitrogen functional groups attached to an aromatic ring is 1. The molecule has 0 radical (unpaired) electrons. The van der Waals surface area contributed by atoms with Crippen molar-refractivity contribution in [2.45, 2.75) is 39.2 Å². The van der Waals surface area contributed by atoms with Crippen LogP contribution < -0.4 is 5.73 Å². The molecule has 0 saturated heterocycles. The van der Waals surface area contributed by atoms with Crippen molar-refractivity contribution in [1.29, 1.82) is 0 Å². The van der Waals surface area contributed by atoms with Crippen LogP contribution in [-0.4, -0.2) is 16.2 Å². The van der Waals surface area contributed by atoms with E-state index in [9.17, 15) is 0 Å². The van der Waals surface area contributed by atoms with E-state index in [1.807, 2.05) is 12.1 Å². The first-order valence-corrected chi connectivity index (χ1v) is 5.05. The van der Waals surface area contributed by atoms with Gasteiger partial charge in [-0.3, -0.25) is 4.98 Å². The van der Waals surface area contributed by atoms with Crippen LogP contribution in [0.15, 0.2) is 12.1 Å². The summed E-state index contributed by atoms with van der Waals surface area (Å²) in [5, 5.41) is 9.16. The minimum atomic E-state index is -0.290. The summed E-state index contributed by atoms with van der Waals surface area (Å²) >= 11 is 0. The Hall–Kier alpha value is -1.09. The SMILES string of the molecule is CCc1ccc(N)c(CCC(C)O)n1. The van der Waals surface area contributed by atoms with Gasteiger partial charge in [-0.1, -0.05) is 6.92 Å². The molecule has 0 bridgehead atoms. The number of aliphatic hydroxyl groups is 1. The molecular formula is C11H18N2O. The highest BCUT2D eigenvalue weighted by Gasteiger charge is 2.04. The molecule has 3 heteroatoms. The largest absolute Gasteiger partial charge is 0.397 e. The fourth-order valence-electron chi connectivity index (χ4n) is 1.30. The van der Waals surface area contributed by atoms with Gasteiger partial charge in [-0.15, -0.1) is 0 Å². The van der Waals surface area contributed by atoms with E-state index in [0.717, 1.165) is 29.9 Å². The third-order valence-corrected chi connectivity index (χ3v) is 2.23. The van der Waals surface area contributed by atoms with E-state index in [1.54, 1.807) is 6.92 Å². The van der Waals surface area contributed by atoms with E-state index < -0.39 is 0 Å². The second kappa shape index (κ2) is 4.96. The standard InChI is InChI=1S/C11H18N2O/c1-3-9-5-6-10(12)11(13-9)7-4-8(2)14/h5-6,8,14H,3-4,7,12H2,1-2H3. The van der Waals surface area contributed by atoms with Crippen molar-refractivity contribution in [3.8, 4) is 0 Å². The first-order valence-electron chi connectivity index (χ1n) is 5.05. The molecule has 0 saturated carbocycles. The number of hydrogen-bond donors (Lipinski definition) is 2. The first-order chi connectivity index (χ1) is 6.63. The second-order valence-corrected chi connectivity index (χ2v) is 3.58. The molecule has 3 nitrogen and oxygen atoms in total. The predicted octanol–water partition coefficient (Wildman–Crippen LogP) is 1.54. The van der Waals surface area contributed by atoms with E-state index in [0.29, 0.717) is 6.42 Å². The number of aliphatic hydroxyl groups excluding tert-OH is 1. The highest BCUT2D eigenvalue weighted by atomic mass is 16.3. The first kappa shape index (κ1) is 11.0. The van der Waals surface area contributed by atoms with Gasteiger partial charge < -0.3 is 10.8 Å². The van der Waals surface area contributed by atoms with E-state index in [1.165, 1.54) is 0 Å². The van der Waals surface area contributed by atoms with Gasteiger partial charge in [0.05, 0.1) is 17.5 Å². The lowest BCUT2D eigenvalue weighted by Gasteiger charge is -2.07. The summed E-state index contributed by atoms with van der Waals surface area (Å²) in [5.41, 5.74) is 8.47. The minimum Gasteiger partial charge on any atom is -0.397 e. The van der Waals surface area contributed by atoms with Crippen LogP contribution in [0.25, 0.3) is 0 Å². The minimum absolute atomic E-state index is 0.290. The summed E-state index contributed by atoms with van der Waals surface area (Å²) in [4.78, 5) is 4.43. The zero-order valence-electron chi connectivity index (χ0n) is 8.83. The average Bonchev–Trinajstić information content (AvgIpc) is 2.16. The Labute approximate surface area is 85.0 Å². The molecule has 0 spiro atoms. The number of anilines is 1. The van der Waals surface area contributed by atoms with E-state index in [2.05, 4.69) is 11.9 Å². The molecule has 0 aliphatic rings. The average molecular weight is 194 g/mol. The molecular weight excluding hydrogens is 176 g/mol. The summed E-state index contributed by atoms with van der Waals surface area (Å²) in [6, 6.07) is 3.84. The van der Waals surface area contributed by atoms with Crippen LogP contribution in [0.5, 0.6) is 0 Å². The van der Waals surface area contributed by atoms with E-state index in [-0.39, 0.29) is 6.10 Å². The summed E-state index contributed by atoms with van der Waals surface area (Å²) in [6.07, 6.45) is 2.09. The predicted molar refractivity (Wildman–Crippen MR) is 58.0 cm³/mol. The van der Waals surface area contributed by atoms with Crippen LogP contribution in [-0.2, 0) is 12.8 Å². The van der Waals surface area contributed by atoms with Crippen LogP contribution in [0.3, 0.4) is 0 Å². The molecule has 1 heterocycles. The molecule has 0 aliphatic carbocycles. The highest BCUT2D eigenvalue weighted by Crippen LogP contribution is 2.13. The number of nitrogens with two attached hydrogens (primary N) is 1. The summed E-state index contributed by atoms with van der Waals surface area (Å²) in [5.74, 6) is 0. The van der Waals surface area contributed by atoms with Crippen molar-refractivity contribution in [3.63, 3.8) is 0 Å². The van der Waals surface area contributed by atoms with Gasteiger partial charge in [0.1, 0.15) is 0 Å². The zero-order valence-corrected chi connectivity index (χ0v) is 8.83. The zero-order chi connectivity index (χ0) is 10.6. The maximum absolute atomic E-state index is 9.16. The van der Waals surface area contributed by atoms with Crippen molar-refractivity contribution in [2.24, 2.45) is 0 Å². The van der Waals surface area contributed by atoms with Crippen LogP contribution in [0.2, 0.25) is 0 Å². The Morgan fingerprint density at radius 2 is 2.21 bits per heavy atom. The Morgan fingerprint density at radius 1 is 1.50 bits per heavy atom. The maximum Gasteiger partial charge on any atom is 0.0636 e. The van der Waals surface area contributed by atoms with Crippen LogP contribution in [0, 0.1) is 0 Å². The molecule has 0 aromatic carbocycles. The van der Waals surface area contributed by atoms with Crippen LogP contribution in [0.1, 0.15) is 31.7 Å². The number of nitrogens with zero attached hydrogens (tertiary/aromatic N) is 1. The summed E-state index contributed by atoms with van der Waals surface area (Å²) < 4.78 is 0. The van der Waals surface area contributed by atoms with Gasteiger partial charge in [-0.2, -0.15) is 0 Å². The second-order valence-electron chi connectivity index (χ2n) is 3.58. The number of rotatable bonds is 4. The van der Waals surface area contributed by atoms with Crippen molar-refractivity contribution < 1.29 is 5.11 Å². The van der Waals surface area contributed by atoms with Gasteiger partial charge in [0.2, 0.25) is 0 Å². The molecule has 0 amide bonds. The number of aromatic nitrogens is 1. The number of aryl methyl sites for hydroxylation is 2. The summed E-state index contributed by atoms with van der Waals surface area (Å²) in [7, 11) is 0. The lowest BCUT2D eigenvalue weighted by Crippen LogP contribution is -2.06. The van der Waals surface area contributed by atoms with E-state index >= 15 is 0 Å². The molecule has 1 aromatic heterocycles. The maximum atomic E-state index is 9.16. The molecule has 78 valence electrons. The summed E-state index contributed by atoms with van der Waals surface area (Å²) in [6.45, 7) is 3.84. The van der Waals surface area contributed by atoms with Crippen molar-refractivity contribution >= 4 is 5.69 Å². The molecule has 14 heavy (non-hydrogen) atoms. The molecule has 3 N–H and O–H groups in total. The third kappa shape index (κ3) is 3.00. The number of pyridine rings is 1. The topological polar surface area (TPSA) is 59.1 Å². The van der Waals surface area contributed by atoms with Gasteiger partial charge in [0, 0.05) is 5.69 Å². The Bertz CT molecular complexity index is 297. The van der Waals surface area contributed by atoms with E-state index in [4.69, 9.17) is 10.8 Å². The van der Waals surface area contributed by atoms with Crippen LogP contribution >= 0.6 is 0 Å². The van der Waals surface area contributed by atoms with Crippen molar-refractivity contribution in [2.75, 3.05) is 5.73 Å². The third-order valence-electron chi connectivity index (χ3n) is 2.23. The normalized spacial score (nSPS) is 12.8. The highest BCUT2D eigenvalue weighted by molar-refractivity contribution is 5.43. The fraction of sp³-hybridized carbons (Fsp3) is 0.545. The van der Waals surface area contributed by atoms with Gasteiger partial charge in [0.15, 0.2) is 0 Å². The lowest BCUT2D eigenvalue weighted by atomic mass is 10.1. The van der Waals surface area contributed by atoms with Crippen LogP contribution in [0.4, 0.5) is 5.69 Å². The number of hydrogen-bond acceptors (Lipinski definition) is 3. The van der Waals surface area contributed by atoms with Crippen molar-refractivity contribution in [3.05, 3.63) is 23.5 Å². The monoisotopic (exact) mass is 194 g/mol. The van der Waals surface area contributed by atoms with Gasteiger partial charge in [-0.05, 0) is 38.3 Å². The quantitative estimate of drug-likeness (QED) is 0.764. The van der Waals surface area contributed by atoms with Crippen molar-refractivity contribution in [1.82, 2.24) is 4.98 Å². The van der Waals surface area contributed by atoms with Gasteiger partial charge in [0.25, 0.3) is 0 Å². The molecule has 1 aromatic rings. The Balaban J connectivity index is 2.73. The molecule has 1 unspecified atom stereocenters. The smallest absolute Gasteiger partial charge is 0.0636 e. The fourth-order valence-corrected chi connectivity index (χ4v) is 1.30. The van der Waals surface area contributed by atoms with Gasteiger partial charge >= 0.3 is 0 Å². The lowest BCUT2D eigenvalue weighted by molar-refractivity contribution is 0.184. The Morgan fingerprint density at radius 3 is 2.79 bits per heavy atom. The molecule has 1 atom stereocenters. The Kier molecular flexibility index (Phi) is 3.89. The molecule has 0 aliphatic heterocycles. The molecule has 1 rings (SSSR count). The molecule has 0 fully saturated rings.